The number of nitrogens with two attached hydrogens (primary N) is 1. The number of nitrogens with zero attached hydrogens (tertiary/aromatic N) is 3. The van der Waals surface area contributed by atoms with Gasteiger partial charge in [-0.1, -0.05) is 29.8 Å². The Morgan fingerprint density at radius 1 is 0.952 bits per heavy atom. The normalized spacial score (nSPS) is 10.8. The maximum absolute atomic E-state index is 6.12. The van der Waals surface area contributed by atoms with Gasteiger partial charge in [0.25, 0.3) is 0 Å². The van der Waals surface area contributed by atoms with E-state index >= 15 is 0 Å². The molecule has 0 aliphatic heterocycles. The highest BCUT2D eigenvalue weighted by Gasteiger charge is 2.14. The smallest absolute Gasteiger partial charge is 0.176 e. The molecule has 1 heterocycles. The van der Waals surface area contributed by atoms with E-state index in [1.54, 1.807) is 0 Å². The van der Waals surface area contributed by atoms with Crippen molar-refractivity contribution in [2.75, 3.05) is 17.2 Å². The zero-order valence-electron chi connectivity index (χ0n) is 12.2. The van der Waals surface area contributed by atoms with Gasteiger partial charge in [0.2, 0.25) is 0 Å². The minimum absolute atomic E-state index is 0.455. The van der Waals surface area contributed by atoms with Crippen molar-refractivity contribution in [3.05, 3.63) is 54.1 Å². The lowest BCUT2D eigenvalue weighted by molar-refractivity contribution is 0.991. The van der Waals surface area contributed by atoms with Crippen LogP contribution < -0.4 is 10.6 Å². The Labute approximate surface area is 124 Å². The SMILES string of the molecule is CCN(c1ccc(C)cc1)c1nc2ccccc2nc1N. The second kappa shape index (κ2) is 5.40. The van der Waals surface area contributed by atoms with Crippen LogP contribution in [0.25, 0.3) is 11.0 Å². The molecule has 0 radical (unpaired) electrons. The number of anilines is 3. The first-order chi connectivity index (χ1) is 10.2. The van der Waals surface area contributed by atoms with Gasteiger partial charge in [0.1, 0.15) is 0 Å². The van der Waals surface area contributed by atoms with Crippen LogP contribution in [-0.4, -0.2) is 16.5 Å². The lowest BCUT2D eigenvalue weighted by atomic mass is 10.2. The molecule has 4 heteroatoms. The highest BCUT2D eigenvalue weighted by Crippen LogP contribution is 2.29. The first-order valence-corrected chi connectivity index (χ1v) is 7.05. The van der Waals surface area contributed by atoms with Crippen LogP contribution in [0.15, 0.2) is 48.5 Å². The Morgan fingerprint density at radius 2 is 1.57 bits per heavy atom. The van der Waals surface area contributed by atoms with Crippen molar-refractivity contribution < 1.29 is 0 Å². The molecule has 2 aromatic carbocycles. The van der Waals surface area contributed by atoms with Crippen LogP contribution in [-0.2, 0) is 0 Å². The Hall–Kier alpha value is -2.62. The van der Waals surface area contributed by atoms with Gasteiger partial charge in [-0.3, -0.25) is 0 Å². The largest absolute Gasteiger partial charge is 0.381 e. The number of aryl methyl sites for hydroxylation is 1. The van der Waals surface area contributed by atoms with E-state index in [0.29, 0.717) is 11.6 Å². The monoisotopic (exact) mass is 278 g/mol. The second-order valence-corrected chi connectivity index (χ2v) is 5.00. The van der Waals surface area contributed by atoms with Crippen LogP contribution in [0.1, 0.15) is 12.5 Å². The van der Waals surface area contributed by atoms with E-state index in [0.717, 1.165) is 23.3 Å². The van der Waals surface area contributed by atoms with Gasteiger partial charge in [-0.2, -0.15) is 0 Å². The second-order valence-electron chi connectivity index (χ2n) is 5.00. The Balaban J connectivity index is 2.12. The van der Waals surface area contributed by atoms with Crippen LogP contribution in [0.5, 0.6) is 0 Å². The number of rotatable bonds is 3. The zero-order valence-corrected chi connectivity index (χ0v) is 12.2. The van der Waals surface area contributed by atoms with Gasteiger partial charge in [0, 0.05) is 12.2 Å². The molecule has 0 aliphatic rings. The summed E-state index contributed by atoms with van der Waals surface area (Å²) < 4.78 is 0. The highest BCUT2D eigenvalue weighted by molar-refractivity contribution is 5.81. The van der Waals surface area contributed by atoms with Gasteiger partial charge >= 0.3 is 0 Å². The lowest BCUT2D eigenvalue weighted by Crippen LogP contribution is -2.19. The van der Waals surface area contributed by atoms with E-state index < -0.39 is 0 Å². The van der Waals surface area contributed by atoms with Crippen molar-refractivity contribution in [1.82, 2.24) is 9.97 Å². The molecule has 4 nitrogen and oxygen atoms in total. The minimum Gasteiger partial charge on any atom is -0.381 e. The predicted octanol–water partition coefficient (Wildman–Crippen LogP) is 3.68. The summed E-state index contributed by atoms with van der Waals surface area (Å²) in [5.41, 5.74) is 10.1. The van der Waals surface area contributed by atoms with Gasteiger partial charge in [0.05, 0.1) is 11.0 Å². The van der Waals surface area contributed by atoms with Crippen LogP contribution in [0.3, 0.4) is 0 Å². The summed E-state index contributed by atoms with van der Waals surface area (Å²) in [5.74, 6) is 1.16. The molecular formula is C17H18N4. The fraction of sp³-hybridized carbons (Fsp3) is 0.176. The molecule has 0 amide bonds. The van der Waals surface area contributed by atoms with Gasteiger partial charge in [-0.05, 0) is 38.1 Å². The molecule has 0 saturated carbocycles. The molecule has 21 heavy (non-hydrogen) atoms. The molecule has 0 spiro atoms. The number of nitrogen functional groups attached to an aromatic ring is 1. The third-order valence-corrected chi connectivity index (χ3v) is 3.50. The fourth-order valence-corrected chi connectivity index (χ4v) is 2.38. The van der Waals surface area contributed by atoms with E-state index in [1.807, 2.05) is 24.3 Å². The van der Waals surface area contributed by atoms with Crippen molar-refractivity contribution >= 4 is 28.4 Å². The molecule has 0 fully saturated rings. The highest BCUT2D eigenvalue weighted by atomic mass is 15.2. The molecule has 0 unspecified atom stereocenters. The first-order valence-electron chi connectivity index (χ1n) is 7.05. The maximum Gasteiger partial charge on any atom is 0.176 e. The summed E-state index contributed by atoms with van der Waals surface area (Å²) in [6.45, 7) is 4.93. The van der Waals surface area contributed by atoms with Crippen molar-refractivity contribution in [3.63, 3.8) is 0 Å². The predicted molar refractivity (Wildman–Crippen MR) is 87.8 cm³/mol. The fourth-order valence-electron chi connectivity index (χ4n) is 2.38. The third-order valence-electron chi connectivity index (χ3n) is 3.50. The van der Waals surface area contributed by atoms with Crippen LogP contribution in [0.4, 0.5) is 17.3 Å². The Bertz CT molecular complexity index is 765. The number of fused-ring (bicyclic) bond motifs is 1. The number of hydrogen-bond acceptors (Lipinski definition) is 4. The van der Waals surface area contributed by atoms with Crippen LogP contribution >= 0.6 is 0 Å². The van der Waals surface area contributed by atoms with Gasteiger partial charge < -0.3 is 10.6 Å². The van der Waals surface area contributed by atoms with Crippen molar-refractivity contribution in [1.29, 1.82) is 0 Å². The molecule has 3 aromatic rings. The molecule has 0 bridgehead atoms. The summed E-state index contributed by atoms with van der Waals surface area (Å²) in [4.78, 5) is 11.2. The minimum atomic E-state index is 0.455. The maximum atomic E-state index is 6.12. The number of benzene rings is 2. The number of aromatic nitrogens is 2. The number of hydrogen-bond donors (Lipinski definition) is 1. The third kappa shape index (κ3) is 2.52. The van der Waals surface area contributed by atoms with Crippen LogP contribution in [0, 0.1) is 6.92 Å². The summed E-state index contributed by atoms with van der Waals surface area (Å²) in [7, 11) is 0. The van der Waals surface area contributed by atoms with Crippen LogP contribution in [0.2, 0.25) is 0 Å². The van der Waals surface area contributed by atoms with Gasteiger partial charge in [-0.25, -0.2) is 9.97 Å². The summed E-state index contributed by atoms with van der Waals surface area (Å²) in [6.07, 6.45) is 0. The molecule has 0 saturated heterocycles. The van der Waals surface area contributed by atoms with Crippen molar-refractivity contribution in [2.45, 2.75) is 13.8 Å². The molecule has 106 valence electrons. The van der Waals surface area contributed by atoms with Crippen molar-refractivity contribution in [3.8, 4) is 0 Å². The molecule has 0 atom stereocenters. The molecule has 0 aliphatic carbocycles. The molecular weight excluding hydrogens is 260 g/mol. The zero-order chi connectivity index (χ0) is 14.8. The molecule has 2 N–H and O–H groups in total. The molecule has 3 rings (SSSR count). The average molecular weight is 278 g/mol. The summed E-state index contributed by atoms with van der Waals surface area (Å²) >= 11 is 0. The standard InChI is InChI=1S/C17H18N4/c1-3-21(13-10-8-12(2)9-11-13)17-16(18)19-14-6-4-5-7-15(14)20-17/h4-11H,3H2,1-2H3,(H2,18,19). The Morgan fingerprint density at radius 3 is 2.19 bits per heavy atom. The quantitative estimate of drug-likeness (QED) is 0.794. The van der Waals surface area contributed by atoms with Gasteiger partial charge in [0.15, 0.2) is 11.6 Å². The van der Waals surface area contributed by atoms with Crippen molar-refractivity contribution in [2.24, 2.45) is 0 Å². The average Bonchev–Trinajstić information content (AvgIpc) is 2.50. The van der Waals surface area contributed by atoms with E-state index in [2.05, 4.69) is 53.0 Å². The van der Waals surface area contributed by atoms with E-state index in [4.69, 9.17) is 5.73 Å². The topological polar surface area (TPSA) is 55.0 Å². The first kappa shape index (κ1) is 13.4. The Kier molecular flexibility index (Phi) is 3.44. The lowest BCUT2D eigenvalue weighted by Gasteiger charge is -2.23. The van der Waals surface area contributed by atoms with E-state index in [-0.39, 0.29) is 0 Å². The van der Waals surface area contributed by atoms with E-state index in [9.17, 15) is 0 Å². The van der Waals surface area contributed by atoms with Gasteiger partial charge in [-0.15, -0.1) is 0 Å². The summed E-state index contributed by atoms with van der Waals surface area (Å²) in [5, 5.41) is 0. The summed E-state index contributed by atoms with van der Waals surface area (Å²) in [6, 6.07) is 16.1. The van der Waals surface area contributed by atoms with E-state index in [1.165, 1.54) is 5.56 Å². The number of para-hydroxylation sites is 2. The molecule has 1 aromatic heterocycles.